The van der Waals surface area contributed by atoms with Crippen LogP contribution in [0.5, 0.6) is 0 Å². The van der Waals surface area contributed by atoms with Gasteiger partial charge in [-0.2, -0.15) is 0 Å². The van der Waals surface area contributed by atoms with Crippen LogP contribution in [0.2, 0.25) is 0 Å². The van der Waals surface area contributed by atoms with Crippen LogP contribution in [-0.4, -0.2) is 9.91 Å². The Labute approximate surface area is 123 Å². The highest BCUT2D eigenvalue weighted by Crippen LogP contribution is 2.29. The van der Waals surface area contributed by atoms with Crippen LogP contribution in [0.15, 0.2) is 73.1 Å². The summed E-state index contributed by atoms with van der Waals surface area (Å²) >= 11 is 0. The van der Waals surface area contributed by atoms with E-state index < -0.39 is 0 Å². The summed E-state index contributed by atoms with van der Waals surface area (Å²) in [6, 6.07) is 18.4. The summed E-state index contributed by atoms with van der Waals surface area (Å²) in [4.78, 5) is 13.4. The molecule has 3 aromatic rings. The van der Waals surface area contributed by atoms with Gasteiger partial charge in [-0.3, -0.25) is 10.1 Å². The molecule has 106 valence electrons. The van der Waals surface area contributed by atoms with Crippen LogP contribution in [0.25, 0.3) is 11.1 Å². The fourth-order valence-electron chi connectivity index (χ4n) is 1.89. The highest BCUT2D eigenvalue weighted by molar-refractivity contribution is 5.73. The molecule has 0 radical (unpaired) electrons. The van der Waals surface area contributed by atoms with Crippen molar-refractivity contribution in [3.63, 3.8) is 0 Å². The minimum absolute atomic E-state index is 0.145. The number of nitrogens with one attached hydrogen (secondary N) is 1. The summed E-state index contributed by atoms with van der Waals surface area (Å²) in [6.45, 7) is 1.99. The lowest BCUT2D eigenvalue weighted by molar-refractivity contribution is -0.384. The highest BCUT2D eigenvalue weighted by atomic mass is 16.6. The minimum atomic E-state index is -0.352. The Bertz CT molecular complexity index is 672. The van der Waals surface area contributed by atoms with Crippen LogP contribution >= 0.6 is 0 Å². The SMILES string of the molecule is Cc1ccc(-c2ccccc2[N+](=O)[O-])cc1.c1cc[nH]c1. The van der Waals surface area contributed by atoms with E-state index in [4.69, 9.17) is 0 Å². The zero-order chi connectivity index (χ0) is 15.1. The third-order valence-electron chi connectivity index (χ3n) is 2.96. The van der Waals surface area contributed by atoms with Crippen molar-refractivity contribution in [3.8, 4) is 11.1 Å². The molecular weight excluding hydrogens is 264 g/mol. The number of nitrogens with zero attached hydrogens (tertiary/aromatic N) is 1. The van der Waals surface area contributed by atoms with Gasteiger partial charge in [0.15, 0.2) is 0 Å². The lowest BCUT2D eigenvalue weighted by Gasteiger charge is -2.03. The molecule has 1 N–H and O–H groups in total. The zero-order valence-corrected chi connectivity index (χ0v) is 11.7. The van der Waals surface area contributed by atoms with E-state index in [1.165, 1.54) is 6.07 Å². The molecule has 0 fully saturated rings. The number of para-hydroxylation sites is 1. The number of aryl methyl sites for hydroxylation is 1. The Morgan fingerprint density at radius 1 is 0.905 bits per heavy atom. The van der Waals surface area contributed by atoms with E-state index in [1.54, 1.807) is 12.1 Å². The van der Waals surface area contributed by atoms with Crippen LogP contribution in [-0.2, 0) is 0 Å². The van der Waals surface area contributed by atoms with E-state index >= 15 is 0 Å². The lowest BCUT2D eigenvalue weighted by atomic mass is 10.0. The van der Waals surface area contributed by atoms with Crippen molar-refractivity contribution in [2.45, 2.75) is 6.92 Å². The summed E-state index contributed by atoms with van der Waals surface area (Å²) in [7, 11) is 0. The van der Waals surface area contributed by atoms with Crippen molar-refractivity contribution < 1.29 is 4.92 Å². The molecule has 4 heteroatoms. The van der Waals surface area contributed by atoms with Gasteiger partial charge in [0, 0.05) is 18.5 Å². The maximum Gasteiger partial charge on any atom is 0.277 e. The van der Waals surface area contributed by atoms with Crippen molar-refractivity contribution in [2.24, 2.45) is 0 Å². The molecule has 0 aliphatic rings. The number of aromatic amines is 1. The second kappa shape index (κ2) is 7.05. The molecular formula is C17H16N2O2. The van der Waals surface area contributed by atoms with E-state index in [-0.39, 0.29) is 10.6 Å². The Balaban J connectivity index is 0.000000272. The van der Waals surface area contributed by atoms with Gasteiger partial charge in [0.1, 0.15) is 0 Å². The molecule has 1 aromatic heterocycles. The number of hydrogen-bond donors (Lipinski definition) is 1. The first-order valence-corrected chi connectivity index (χ1v) is 6.56. The number of nitro groups is 1. The maximum absolute atomic E-state index is 10.9. The van der Waals surface area contributed by atoms with E-state index in [1.807, 2.05) is 61.8 Å². The Morgan fingerprint density at radius 2 is 1.52 bits per heavy atom. The molecule has 3 rings (SSSR count). The molecule has 2 aromatic carbocycles. The topological polar surface area (TPSA) is 58.9 Å². The second-order valence-corrected chi connectivity index (χ2v) is 4.53. The number of aromatic nitrogens is 1. The number of benzene rings is 2. The van der Waals surface area contributed by atoms with Crippen molar-refractivity contribution in [1.29, 1.82) is 0 Å². The molecule has 0 aliphatic heterocycles. The molecule has 0 atom stereocenters. The number of rotatable bonds is 2. The summed E-state index contributed by atoms with van der Waals surface area (Å²) in [5.41, 5.74) is 2.82. The zero-order valence-electron chi connectivity index (χ0n) is 11.7. The predicted molar refractivity (Wildman–Crippen MR) is 84.1 cm³/mol. The van der Waals surface area contributed by atoms with Gasteiger partial charge in [0.05, 0.1) is 10.5 Å². The summed E-state index contributed by atoms with van der Waals surface area (Å²) in [6.07, 6.45) is 3.75. The molecule has 0 spiro atoms. The third kappa shape index (κ3) is 4.04. The minimum Gasteiger partial charge on any atom is -0.368 e. The van der Waals surface area contributed by atoms with Gasteiger partial charge in [-0.15, -0.1) is 0 Å². The monoisotopic (exact) mass is 280 g/mol. The molecule has 0 bridgehead atoms. The molecule has 0 amide bonds. The van der Waals surface area contributed by atoms with Crippen LogP contribution < -0.4 is 0 Å². The molecule has 21 heavy (non-hydrogen) atoms. The summed E-state index contributed by atoms with van der Waals surface area (Å²) in [5, 5.41) is 10.9. The van der Waals surface area contributed by atoms with Gasteiger partial charge in [-0.1, -0.05) is 42.0 Å². The molecule has 0 aliphatic carbocycles. The fourth-order valence-corrected chi connectivity index (χ4v) is 1.89. The normalized spacial score (nSPS) is 9.57. The third-order valence-corrected chi connectivity index (χ3v) is 2.96. The van der Waals surface area contributed by atoms with Crippen molar-refractivity contribution in [2.75, 3.05) is 0 Å². The molecule has 4 nitrogen and oxygen atoms in total. The van der Waals surface area contributed by atoms with Gasteiger partial charge in [-0.05, 0) is 30.7 Å². The first-order chi connectivity index (χ1) is 10.2. The molecule has 0 saturated carbocycles. The van der Waals surface area contributed by atoms with Crippen LogP contribution in [0.1, 0.15) is 5.56 Å². The van der Waals surface area contributed by atoms with E-state index in [0.29, 0.717) is 5.56 Å². The first-order valence-electron chi connectivity index (χ1n) is 6.56. The second-order valence-electron chi connectivity index (χ2n) is 4.53. The molecule has 0 saturated heterocycles. The average molecular weight is 280 g/mol. The van der Waals surface area contributed by atoms with E-state index in [9.17, 15) is 10.1 Å². The summed E-state index contributed by atoms with van der Waals surface area (Å²) < 4.78 is 0. The van der Waals surface area contributed by atoms with Crippen molar-refractivity contribution in [1.82, 2.24) is 4.98 Å². The van der Waals surface area contributed by atoms with Gasteiger partial charge in [0.25, 0.3) is 5.69 Å². The predicted octanol–water partition coefficient (Wildman–Crippen LogP) is 4.58. The smallest absolute Gasteiger partial charge is 0.277 e. The Kier molecular flexibility index (Phi) is 4.88. The number of nitro benzene ring substituents is 1. The largest absolute Gasteiger partial charge is 0.368 e. The highest BCUT2D eigenvalue weighted by Gasteiger charge is 2.13. The van der Waals surface area contributed by atoms with Crippen molar-refractivity contribution >= 4 is 5.69 Å². The van der Waals surface area contributed by atoms with Gasteiger partial charge >= 0.3 is 0 Å². The first kappa shape index (κ1) is 14.5. The standard InChI is InChI=1S/C13H11NO2.C4H5N/c1-10-6-8-11(9-7-10)12-4-2-3-5-13(12)14(15)16;1-2-4-5-3-1/h2-9H,1H3;1-5H. The fraction of sp³-hybridized carbons (Fsp3) is 0.0588. The van der Waals surface area contributed by atoms with Crippen LogP contribution in [0.4, 0.5) is 5.69 Å². The Hall–Kier alpha value is -2.88. The quantitative estimate of drug-likeness (QED) is 0.551. The number of hydrogen-bond acceptors (Lipinski definition) is 2. The molecule has 0 unspecified atom stereocenters. The van der Waals surface area contributed by atoms with Crippen molar-refractivity contribution in [3.05, 3.63) is 88.7 Å². The average Bonchev–Trinajstić information content (AvgIpc) is 3.07. The van der Waals surface area contributed by atoms with Crippen LogP contribution in [0.3, 0.4) is 0 Å². The number of H-pyrrole nitrogens is 1. The molecule has 1 heterocycles. The van der Waals surface area contributed by atoms with Gasteiger partial charge in [-0.25, -0.2) is 0 Å². The van der Waals surface area contributed by atoms with Crippen LogP contribution in [0, 0.1) is 17.0 Å². The van der Waals surface area contributed by atoms with E-state index in [0.717, 1.165) is 11.1 Å². The summed E-state index contributed by atoms with van der Waals surface area (Å²) in [5.74, 6) is 0. The van der Waals surface area contributed by atoms with Gasteiger partial charge < -0.3 is 4.98 Å². The van der Waals surface area contributed by atoms with E-state index in [2.05, 4.69) is 4.98 Å². The maximum atomic E-state index is 10.9. The Morgan fingerprint density at radius 3 is 2.05 bits per heavy atom. The van der Waals surface area contributed by atoms with Gasteiger partial charge in [0.2, 0.25) is 0 Å². The lowest BCUT2D eigenvalue weighted by Crippen LogP contribution is -1.91.